The summed E-state index contributed by atoms with van der Waals surface area (Å²) in [5, 5.41) is 11.8. The van der Waals surface area contributed by atoms with Crippen LogP contribution in [-0.4, -0.2) is 17.0 Å². The van der Waals surface area contributed by atoms with E-state index in [-0.39, 0.29) is 11.8 Å². The minimum absolute atomic E-state index is 0.0417. The zero-order valence-electron chi connectivity index (χ0n) is 12.2. The van der Waals surface area contributed by atoms with E-state index in [0.29, 0.717) is 17.3 Å². The third-order valence-electron chi connectivity index (χ3n) is 4.02. The van der Waals surface area contributed by atoms with E-state index in [2.05, 4.69) is 24.4 Å². The number of aryl methyl sites for hydroxylation is 1. The number of benzene rings is 1. The predicted molar refractivity (Wildman–Crippen MR) is 85.2 cm³/mol. The molecule has 114 valence electrons. The molecule has 0 bridgehead atoms. The maximum Gasteiger partial charge on any atom is 0.345 e. The minimum Gasteiger partial charge on any atom is -0.477 e. The van der Waals surface area contributed by atoms with E-state index in [0.717, 1.165) is 11.3 Å². The molecule has 1 fully saturated rings. The van der Waals surface area contributed by atoms with Crippen LogP contribution in [0.4, 0.5) is 0 Å². The van der Waals surface area contributed by atoms with Gasteiger partial charge in [0.25, 0.3) is 0 Å². The number of rotatable bonds is 5. The van der Waals surface area contributed by atoms with Gasteiger partial charge >= 0.3 is 5.97 Å². The lowest BCUT2D eigenvalue weighted by Crippen LogP contribution is -2.24. The van der Waals surface area contributed by atoms with Crippen molar-refractivity contribution in [2.24, 2.45) is 5.92 Å². The van der Waals surface area contributed by atoms with Gasteiger partial charge in [0.15, 0.2) is 0 Å². The fourth-order valence-electron chi connectivity index (χ4n) is 2.72. The first-order valence-corrected chi connectivity index (χ1v) is 8.03. The Labute approximate surface area is 132 Å². The molecule has 0 aliphatic heterocycles. The van der Waals surface area contributed by atoms with Crippen LogP contribution < -0.4 is 5.32 Å². The topological polar surface area (TPSA) is 66.4 Å². The predicted octanol–water partition coefficient (Wildman–Crippen LogP) is 3.17. The highest BCUT2D eigenvalue weighted by molar-refractivity contribution is 7.13. The van der Waals surface area contributed by atoms with Gasteiger partial charge in [0.05, 0.1) is 6.54 Å². The first-order valence-electron chi connectivity index (χ1n) is 7.21. The lowest BCUT2D eigenvalue weighted by molar-refractivity contribution is -0.122. The fourth-order valence-corrected chi connectivity index (χ4v) is 3.51. The quantitative estimate of drug-likeness (QED) is 0.890. The van der Waals surface area contributed by atoms with Gasteiger partial charge in [-0.05, 0) is 42.5 Å². The number of hydrogen-bond donors (Lipinski definition) is 2. The summed E-state index contributed by atoms with van der Waals surface area (Å²) in [6.07, 6.45) is 0.890. The molecule has 0 spiro atoms. The number of thiophene rings is 1. The first kappa shape index (κ1) is 14.8. The van der Waals surface area contributed by atoms with Gasteiger partial charge in [0.2, 0.25) is 5.91 Å². The second-order valence-electron chi connectivity index (χ2n) is 5.59. The highest BCUT2D eigenvalue weighted by atomic mass is 32.1. The average molecular weight is 315 g/mol. The van der Waals surface area contributed by atoms with Gasteiger partial charge in [-0.25, -0.2) is 4.79 Å². The van der Waals surface area contributed by atoms with Crippen molar-refractivity contribution in [3.63, 3.8) is 0 Å². The SMILES string of the molecule is Cc1ccccc1C1CC1C(=O)NCc1ccc(C(=O)O)s1. The van der Waals surface area contributed by atoms with Crippen molar-refractivity contribution >= 4 is 23.2 Å². The van der Waals surface area contributed by atoms with Crippen LogP contribution in [-0.2, 0) is 11.3 Å². The largest absolute Gasteiger partial charge is 0.477 e. The molecule has 2 N–H and O–H groups in total. The fraction of sp³-hybridized carbons (Fsp3) is 0.294. The molecule has 3 rings (SSSR count). The number of carboxylic acid groups (broad SMARTS) is 1. The molecule has 1 aliphatic rings. The summed E-state index contributed by atoms with van der Waals surface area (Å²) in [6, 6.07) is 11.5. The third-order valence-corrected chi connectivity index (χ3v) is 5.10. The number of aromatic carboxylic acids is 1. The molecule has 22 heavy (non-hydrogen) atoms. The van der Waals surface area contributed by atoms with Gasteiger partial charge in [-0.3, -0.25) is 4.79 Å². The molecule has 1 aromatic heterocycles. The lowest BCUT2D eigenvalue weighted by atomic mass is 10.0. The Bertz CT molecular complexity index is 722. The van der Waals surface area contributed by atoms with Crippen LogP contribution >= 0.6 is 11.3 Å². The molecule has 0 saturated heterocycles. The number of nitrogens with one attached hydrogen (secondary N) is 1. The summed E-state index contributed by atoms with van der Waals surface area (Å²) in [7, 11) is 0. The van der Waals surface area contributed by atoms with Crippen LogP contribution in [0.15, 0.2) is 36.4 Å². The zero-order chi connectivity index (χ0) is 15.7. The van der Waals surface area contributed by atoms with E-state index in [1.165, 1.54) is 22.5 Å². The Morgan fingerprint density at radius 3 is 2.73 bits per heavy atom. The summed E-state index contributed by atoms with van der Waals surface area (Å²) in [5.41, 5.74) is 2.49. The van der Waals surface area contributed by atoms with Crippen LogP contribution in [0.2, 0.25) is 0 Å². The molecule has 2 aromatic rings. The Balaban J connectivity index is 1.55. The normalized spacial score (nSPS) is 19.7. The number of amides is 1. The van der Waals surface area contributed by atoms with E-state index in [1.54, 1.807) is 12.1 Å². The summed E-state index contributed by atoms with van der Waals surface area (Å²) in [5.74, 6) is -0.512. The van der Waals surface area contributed by atoms with Crippen LogP contribution in [0.5, 0.6) is 0 Å². The number of carboxylic acids is 1. The van der Waals surface area contributed by atoms with E-state index in [9.17, 15) is 9.59 Å². The smallest absolute Gasteiger partial charge is 0.345 e. The maximum atomic E-state index is 12.2. The lowest BCUT2D eigenvalue weighted by Gasteiger charge is -2.05. The molecule has 1 heterocycles. The number of hydrogen-bond acceptors (Lipinski definition) is 3. The molecule has 5 heteroatoms. The van der Waals surface area contributed by atoms with Gasteiger partial charge in [-0.15, -0.1) is 11.3 Å². The molecular weight excluding hydrogens is 298 g/mol. The highest BCUT2D eigenvalue weighted by Gasteiger charge is 2.44. The van der Waals surface area contributed by atoms with E-state index in [4.69, 9.17) is 5.11 Å². The summed E-state index contributed by atoms with van der Waals surface area (Å²) in [4.78, 5) is 24.2. The second-order valence-corrected chi connectivity index (χ2v) is 6.76. The van der Waals surface area contributed by atoms with E-state index < -0.39 is 5.97 Å². The molecule has 1 aromatic carbocycles. The van der Waals surface area contributed by atoms with Crippen molar-refractivity contribution in [2.75, 3.05) is 0 Å². The van der Waals surface area contributed by atoms with Crippen LogP contribution in [0.25, 0.3) is 0 Å². The Morgan fingerprint density at radius 2 is 2.05 bits per heavy atom. The summed E-state index contributed by atoms with van der Waals surface area (Å²) < 4.78 is 0. The van der Waals surface area contributed by atoms with Crippen molar-refractivity contribution < 1.29 is 14.7 Å². The molecule has 1 aliphatic carbocycles. The molecular formula is C17H17NO3S. The van der Waals surface area contributed by atoms with Gasteiger partial charge in [-0.1, -0.05) is 24.3 Å². The Kier molecular flexibility index (Phi) is 3.98. The van der Waals surface area contributed by atoms with Crippen molar-refractivity contribution in [1.29, 1.82) is 0 Å². The van der Waals surface area contributed by atoms with Crippen molar-refractivity contribution in [3.05, 3.63) is 57.3 Å². The van der Waals surface area contributed by atoms with Crippen LogP contribution in [0, 0.1) is 12.8 Å². The van der Waals surface area contributed by atoms with Crippen molar-refractivity contribution in [1.82, 2.24) is 5.32 Å². The molecule has 1 amide bonds. The van der Waals surface area contributed by atoms with E-state index >= 15 is 0 Å². The Hall–Kier alpha value is -2.14. The first-order chi connectivity index (χ1) is 10.6. The average Bonchev–Trinajstić information content (AvgIpc) is 3.14. The highest BCUT2D eigenvalue weighted by Crippen LogP contribution is 2.48. The van der Waals surface area contributed by atoms with Crippen LogP contribution in [0.1, 0.15) is 38.0 Å². The van der Waals surface area contributed by atoms with Crippen molar-refractivity contribution in [3.8, 4) is 0 Å². The summed E-state index contributed by atoms with van der Waals surface area (Å²) in [6.45, 7) is 2.47. The number of carbonyl (C=O) groups is 2. The molecule has 4 nitrogen and oxygen atoms in total. The van der Waals surface area contributed by atoms with Crippen molar-refractivity contribution in [2.45, 2.75) is 25.8 Å². The van der Waals surface area contributed by atoms with E-state index in [1.807, 2.05) is 12.1 Å². The monoisotopic (exact) mass is 315 g/mol. The summed E-state index contributed by atoms with van der Waals surface area (Å²) >= 11 is 1.20. The Morgan fingerprint density at radius 1 is 1.27 bits per heavy atom. The minimum atomic E-state index is -0.926. The van der Waals surface area contributed by atoms with Gasteiger partial charge in [0.1, 0.15) is 4.88 Å². The van der Waals surface area contributed by atoms with Gasteiger partial charge in [0, 0.05) is 10.8 Å². The van der Waals surface area contributed by atoms with Gasteiger partial charge < -0.3 is 10.4 Å². The molecule has 2 unspecified atom stereocenters. The molecule has 2 atom stereocenters. The van der Waals surface area contributed by atoms with Gasteiger partial charge in [-0.2, -0.15) is 0 Å². The second kappa shape index (κ2) is 5.93. The molecule has 0 radical (unpaired) electrons. The molecule has 1 saturated carbocycles. The zero-order valence-corrected chi connectivity index (χ0v) is 13.0. The standard InChI is InChI=1S/C17H17NO3S/c1-10-4-2-3-5-12(10)13-8-14(13)16(19)18-9-11-6-7-15(22-11)17(20)21/h2-7,13-14H,8-9H2,1H3,(H,18,19)(H,20,21). The maximum absolute atomic E-state index is 12.2. The third kappa shape index (κ3) is 3.04. The number of carbonyl (C=O) groups excluding carboxylic acids is 1. The van der Waals surface area contributed by atoms with Crippen LogP contribution in [0.3, 0.4) is 0 Å².